The van der Waals surface area contributed by atoms with Gasteiger partial charge in [0.1, 0.15) is 5.60 Å². The van der Waals surface area contributed by atoms with Crippen molar-refractivity contribution >= 4 is 7.60 Å². The van der Waals surface area contributed by atoms with Crippen LogP contribution in [0.1, 0.15) is 30.5 Å². The molecule has 0 aliphatic rings. The summed E-state index contributed by atoms with van der Waals surface area (Å²) < 4.78 is 23.9. The van der Waals surface area contributed by atoms with Gasteiger partial charge in [0.2, 0.25) is 0 Å². The Labute approximate surface area is 132 Å². The third kappa shape index (κ3) is 3.86. The second-order valence-electron chi connectivity index (χ2n) is 5.55. The zero-order valence-corrected chi connectivity index (χ0v) is 14.5. The molecule has 22 heavy (non-hydrogen) atoms. The van der Waals surface area contributed by atoms with Crippen LogP contribution in [0.15, 0.2) is 54.6 Å². The Kier molecular flexibility index (Phi) is 5.23. The SMILES string of the molecule is CCOP(C)(=O)OC(C)(c1ccccc1)c1ccc(C)cc1. The van der Waals surface area contributed by atoms with Crippen LogP contribution >= 0.6 is 7.60 Å². The van der Waals surface area contributed by atoms with Gasteiger partial charge in [-0.2, -0.15) is 0 Å². The van der Waals surface area contributed by atoms with Crippen molar-refractivity contribution in [2.24, 2.45) is 0 Å². The summed E-state index contributed by atoms with van der Waals surface area (Å²) in [5.41, 5.74) is 2.24. The van der Waals surface area contributed by atoms with Gasteiger partial charge in [-0.3, -0.25) is 9.09 Å². The minimum Gasteiger partial charge on any atom is -0.309 e. The molecule has 0 aliphatic heterocycles. The van der Waals surface area contributed by atoms with E-state index >= 15 is 0 Å². The normalized spacial score (nSPS) is 16.7. The van der Waals surface area contributed by atoms with E-state index in [1.165, 1.54) is 12.2 Å². The first kappa shape index (κ1) is 17.0. The van der Waals surface area contributed by atoms with Gasteiger partial charge < -0.3 is 4.52 Å². The van der Waals surface area contributed by atoms with E-state index in [-0.39, 0.29) is 0 Å². The van der Waals surface area contributed by atoms with Crippen LogP contribution in [0.25, 0.3) is 0 Å². The van der Waals surface area contributed by atoms with Gasteiger partial charge in [0.25, 0.3) is 0 Å². The fourth-order valence-electron chi connectivity index (χ4n) is 2.49. The lowest BCUT2D eigenvalue weighted by Crippen LogP contribution is -2.26. The summed E-state index contributed by atoms with van der Waals surface area (Å²) in [4.78, 5) is 0. The fourth-order valence-corrected chi connectivity index (χ4v) is 3.89. The molecule has 2 aromatic rings. The van der Waals surface area contributed by atoms with Gasteiger partial charge in [0.05, 0.1) is 6.61 Å². The van der Waals surface area contributed by atoms with Gasteiger partial charge in [-0.15, -0.1) is 0 Å². The van der Waals surface area contributed by atoms with Gasteiger partial charge in [0, 0.05) is 6.66 Å². The molecule has 0 N–H and O–H groups in total. The van der Waals surface area contributed by atoms with Crippen molar-refractivity contribution in [3.63, 3.8) is 0 Å². The van der Waals surface area contributed by atoms with Crippen LogP contribution in [0.3, 0.4) is 0 Å². The lowest BCUT2D eigenvalue weighted by Gasteiger charge is -2.33. The minimum absolute atomic E-state index is 0.354. The molecule has 0 saturated heterocycles. The Morgan fingerprint density at radius 3 is 2.09 bits per heavy atom. The average Bonchev–Trinajstić information content (AvgIpc) is 2.48. The molecule has 2 atom stereocenters. The molecule has 0 saturated carbocycles. The fraction of sp³-hybridized carbons (Fsp3) is 0.333. The highest BCUT2D eigenvalue weighted by Gasteiger charge is 2.36. The summed E-state index contributed by atoms with van der Waals surface area (Å²) >= 11 is 0. The average molecular weight is 318 g/mol. The number of rotatable bonds is 6. The quantitative estimate of drug-likeness (QED) is 0.692. The standard InChI is InChI=1S/C18H23O3P/c1-5-20-22(4,19)21-18(3,16-9-7-6-8-10-16)17-13-11-15(2)12-14-17/h6-14H,5H2,1-4H3. The summed E-state index contributed by atoms with van der Waals surface area (Å²) in [5, 5.41) is 0. The topological polar surface area (TPSA) is 35.5 Å². The summed E-state index contributed by atoms with van der Waals surface area (Å²) in [5.74, 6) is 0. The molecule has 0 fully saturated rings. The number of aryl methyl sites for hydroxylation is 1. The molecule has 0 aliphatic carbocycles. The molecule has 0 amide bonds. The molecular weight excluding hydrogens is 295 g/mol. The van der Waals surface area contributed by atoms with Crippen LogP contribution in [-0.4, -0.2) is 13.3 Å². The first-order valence-electron chi connectivity index (χ1n) is 7.43. The van der Waals surface area contributed by atoms with Crippen molar-refractivity contribution in [3.8, 4) is 0 Å². The predicted octanol–water partition coefficient (Wildman–Crippen LogP) is 5.13. The van der Waals surface area contributed by atoms with E-state index in [9.17, 15) is 4.57 Å². The van der Waals surface area contributed by atoms with Crippen LogP contribution in [0, 0.1) is 6.92 Å². The highest BCUT2D eigenvalue weighted by Crippen LogP contribution is 2.52. The van der Waals surface area contributed by atoms with Gasteiger partial charge >= 0.3 is 7.60 Å². The Hall–Kier alpha value is -1.41. The van der Waals surface area contributed by atoms with Crippen LogP contribution in [0.2, 0.25) is 0 Å². The third-order valence-corrected chi connectivity index (χ3v) is 5.06. The molecule has 118 valence electrons. The third-order valence-electron chi connectivity index (χ3n) is 3.64. The highest BCUT2D eigenvalue weighted by molar-refractivity contribution is 7.53. The van der Waals surface area contributed by atoms with Crippen LogP contribution in [0.4, 0.5) is 0 Å². The second kappa shape index (κ2) is 6.78. The van der Waals surface area contributed by atoms with Crippen molar-refractivity contribution in [1.82, 2.24) is 0 Å². The smallest absolute Gasteiger partial charge is 0.309 e. The Balaban J connectivity index is 2.49. The zero-order valence-electron chi connectivity index (χ0n) is 13.6. The van der Waals surface area contributed by atoms with E-state index in [4.69, 9.17) is 9.05 Å². The molecule has 2 rings (SSSR count). The van der Waals surface area contributed by atoms with Crippen LogP contribution < -0.4 is 0 Å². The lowest BCUT2D eigenvalue weighted by atomic mass is 9.88. The number of hydrogen-bond acceptors (Lipinski definition) is 3. The molecule has 2 aromatic carbocycles. The maximum absolute atomic E-state index is 12.6. The van der Waals surface area contributed by atoms with Crippen LogP contribution in [-0.2, 0) is 19.2 Å². The Bertz CT molecular complexity index is 652. The molecule has 4 heteroatoms. The summed E-state index contributed by atoms with van der Waals surface area (Å²) in [7, 11) is -3.16. The van der Waals surface area contributed by atoms with Crippen molar-refractivity contribution in [1.29, 1.82) is 0 Å². The monoisotopic (exact) mass is 318 g/mol. The predicted molar refractivity (Wildman–Crippen MR) is 90.3 cm³/mol. The molecule has 0 radical (unpaired) electrons. The van der Waals surface area contributed by atoms with E-state index in [0.717, 1.165) is 11.1 Å². The Morgan fingerprint density at radius 2 is 1.55 bits per heavy atom. The molecule has 0 aromatic heterocycles. The Morgan fingerprint density at radius 1 is 1.00 bits per heavy atom. The van der Waals surface area contributed by atoms with E-state index in [0.29, 0.717) is 6.61 Å². The maximum atomic E-state index is 12.6. The molecule has 0 bridgehead atoms. The first-order valence-corrected chi connectivity index (χ1v) is 9.42. The van der Waals surface area contributed by atoms with Crippen molar-refractivity contribution in [3.05, 3.63) is 71.3 Å². The van der Waals surface area contributed by atoms with Crippen molar-refractivity contribution in [2.45, 2.75) is 26.4 Å². The lowest BCUT2D eigenvalue weighted by molar-refractivity contribution is 0.0996. The van der Waals surface area contributed by atoms with E-state index in [1.807, 2.05) is 75.4 Å². The molecule has 0 heterocycles. The first-order chi connectivity index (χ1) is 10.4. The van der Waals surface area contributed by atoms with E-state index < -0.39 is 13.2 Å². The number of hydrogen-bond donors (Lipinski definition) is 0. The van der Waals surface area contributed by atoms with E-state index in [2.05, 4.69) is 0 Å². The van der Waals surface area contributed by atoms with Crippen LogP contribution in [0.5, 0.6) is 0 Å². The molecule has 2 unspecified atom stereocenters. The van der Waals surface area contributed by atoms with Gasteiger partial charge in [-0.25, -0.2) is 0 Å². The summed E-state index contributed by atoms with van der Waals surface area (Å²) in [6.45, 7) is 7.65. The van der Waals surface area contributed by atoms with Gasteiger partial charge in [0.15, 0.2) is 0 Å². The minimum atomic E-state index is -3.16. The molecule has 0 spiro atoms. The number of benzene rings is 2. The highest BCUT2D eigenvalue weighted by atomic mass is 31.2. The van der Waals surface area contributed by atoms with E-state index in [1.54, 1.807) is 0 Å². The van der Waals surface area contributed by atoms with Gasteiger partial charge in [-0.05, 0) is 31.9 Å². The van der Waals surface area contributed by atoms with Crippen molar-refractivity contribution in [2.75, 3.05) is 13.3 Å². The van der Waals surface area contributed by atoms with Gasteiger partial charge in [-0.1, -0.05) is 60.2 Å². The summed E-state index contributed by atoms with van der Waals surface area (Å²) in [6, 6.07) is 17.9. The summed E-state index contributed by atoms with van der Waals surface area (Å²) in [6.07, 6.45) is 0. The molecular formula is C18H23O3P. The largest absolute Gasteiger partial charge is 0.328 e. The van der Waals surface area contributed by atoms with Crippen molar-refractivity contribution < 1.29 is 13.6 Å². The second-order valence-corrected chi connectivity index (χ2v) is 7.53. The molecule has 3 nitrogen and oxygen atoms in total. The zero-order chi connectivity index (χ0) is 16.2. The maximum Gasteiger partial charge on any atom is 0.328 e.